The van der Waals surface area contributed by atoms with Crippen molar-refractivity contribution in [1.82, 2.24) is 10.3 Å². The van der Waals surface area contributed by atoms with Crippen LogP contribution in [-0.4, -0.2) is 38.3 Å². The van der Waals surface area contributed by atoms with Crippen LogP contribution < -0.4 is 30.6 Å². The van der Waals surface area contributed by atoms with Gasteiger partial charge < -0.3 is 30.6 Å². The fourth-order valence-corrected chi connectivity index (χ4v) is 3.87. The molecule has 3 aromatic carbocycles. The summed E-state index contributed by atoms with van der Waals surface area (Å²) in [6.07, 6.45) is 0. The molecular formula is C27H26N4O5. The van der Waals surface area contributed by atoms with Gasteiger partial charge in [0.25, 0.3) is 5.91 Å². The van der Waals surface area contributed by atoms with E-state index >= 15 is 0 Å². The van der Waals surface area contributed by atoms with Crippen molar-refractivity contribution in [3.8, 4) is 28.5 Å². The number of benzene rings is 3. The molecule has 9 nitrogen and oxygen atoms in total. The highest BCUT2D eigenvalue weighted by Crippen LogP contribution is 2.41. The number of hydrogen-bond donors (Lipinski definition) is 3. The Bertz CT molecular complexity index is 1390. The molecule has 0 spiro atoms. The Balaban J connectivity index is 1.67. The Kier molecular flexibility index (Phi) is 7.20. The highest BCUT2D eigenvalue weighted by Gasteiger charge is 2.18. The molecular weight excluding hydrogens is 460 g/mol. The highest BCUT2D eigenvalue weighted by atomic mass is 16.5. The molecule has 0 aliphatic carbocycles. The largest absolute Gasteiger partial charge is 0.493 e. The van der Waals surface area contributed by atoms with E-state index in [1.165, 1.54) is 0 Å². The van der Waals surface area contributed by atoms with Crippen molar-refractivity contribution in [3.63, 3.8) is 0 Å². The third-order valence-corrected chi connectivity index (χ3v) is 5.60. The topological polar surface area (TPSA) is 125 Å². The van der Waals surface area contributed by atoms with Crippen LogP contribution in [0.15, 0.2) is 66.7 Å². The SMILES string of the molecule is COc1cc(-c2cc(C(=O)NCc3ccc(NC(N)=O)cc3)c3ccccc3n2)cc(OC)c1OC. The summed E-state index contributed by atoms with van der Waals surface area (Å²) in [4.78, 5) is 29.1. The summed E-state index contributed by atoms with van der Waals surface area (Å²) in [6, 6.07) is 19.2. The summed E-state index contributed by atoms with van der Waals surface area (Å²) in [5.74, 6) is 1.20. The highest BCUT2D eigenvalue weighted by molar-refractivity contribution is 6.07. The molecule has 1 heterocycles. The smallest absolute Gasteiger partial charge is 0.316 e. The molecule has 4 aromatic rings. The molecule has 0 saturated heterocycles. The average molecular weight is 487 g/mol. The van der Waals surface area contributed by atoms with E-state index in [2.05, 4.69) is 10.6 Å². The number of amides is 3. The monoisotopic (exact) mass is 486 g/mol. The van der Waals surface area contributed by atoms with Crippen molar-refractivity contribution in [1.29, 1.82) is 0 Å². The van der Waals surface area contributed by atoms with Crippen LogP contribution in [0.4, 0.5) is 10.5 Å². The summed E-state index contributed by atoms with van der Waals surface area (Å²) in [5.41, 5.74) is 9.03. The molecule has 36 heavy (non-hydrogen) atoms. The molecule has 184 valence electrons. The number of carbonyl (C=O) groups excluding carboxylic acids is 2. The van der Waals surface area contributed by atoms with Gasteiger partial charge in [-0.25, -0.2) is 9.78 Å². The number of nitrogens with two attached hydrogens (primary N) is 1. The normalized spacial score (nSPS) is 10.5. The predicted molar refractivity (Wildman–Crippen MR) is 138 cm³/mol. The fraction of sp³-hybridized carbons (Fsp3) is 0.148. The van der Waals surface area contributed by atoms with Gasteiger partial charge in [-0.15, -0.1) is 0 Å². The third-order valence-electron chi connectivity index (χ3n) is 5.60. The number of rotatable bonds is 8. The second-order valence-corrected chi connectivity index (χ2v) is 7.86. The van der Waals surface area contributed by atoms with E-state index in [9.17, 15) is 9.59 Å². The van der Waals surface area contributed by atoms with Gasteiger partial charge in [0, 0.05) is 23.2 Å². The van der Waals surface area contributed by atoms with Gasteiger partial charge in [-0.2, -0.15) is 0 Å². The van der Waals surface area contributed by atoms with E-state index in [1.54, 1.807) is 63.8 Å². The van der Waals surface area contributed by atoms with Crippen molar-refractivity contribution in [2.75, 3.05) is 26.6 Å². The number of hydrogen-bond acceptors (Lipinski definition) is 6. The summed E-state index contributed by atoms with van der Waals surface area (Å²) in [7, 11) is 4.63. The quantitative estimate of drug-likeness (QED) is 0.340. The molecule has 0 bridgehead atoms. The number of ether oxygens (including phenoxy) is 3. The Morgan fingerprint density at radius 2 is 1.56 bits per heavy atom. The fourth-order valence-electron chi connectivity index (χ4n) is 3.87. The van der Waals surface area contributed by atoms with E-state index in [4.69, 9.17) is 24.9 Å². The Labute approximate surface area is 208 Å². The Morgan fingerprint density at radius 1 is 0.889 bits per heavy atom. The van der Waals surface area contributed by atoms with Gasteiger partial charge in [0.1, 0.15) is 0 Å². The van der Waals surface area contributed by atoms with Gasteiger partial charge >= 0.3 is 6.03 Å². The number of anilines is 1. The zero-order valence-corrected chi connectivity index (χ0v) is 20.1. The van der Waals surface area contributed by atoms with E-state index in [-0.39, 0.29) is 5.91 Å². The molecule has 0 unspecified atom stereocenters. The lowest BCUT2D eigenvalue weighted by Gasteiger charge is -2.15. The number of nitrogens with zero attached hydrogens (tertiary/aromatic N) is 1. The van der Waals surface area contributed by atoms with Crippen LogP contribution in [0.5, 0.6) is 17.2 Å². The van der Waals surface area contributed by atoms with Crippen LogP contribution in [0, 0.1) is 0 Å². The summed E-state index contributed by atoms with van der Waals surface area (Å²) >= 11 is 0. The predicted octanol–water partition coefficient (Wildman–Crippen LogP) is 4.35. The van der Waals surface area contributed by atoms with Gasteiger partial charge in [-0.05, 0) is 42.0 Å². The molecule has 0 fully saturated rings. The second kappa shape index (κ2) is 10.6. The molecule has 3 amide bonds. The van der Waals surface area contributed by atoms with Crippen LogP contribution in [0.3, 0.4) is 0 Å². The maximum Gasteiger partial charge on any atom is 0.316 e. The minimum absolute atomic E-state index is 0.248. The standard InChI is InChI=1S/C27H26N4O5/c1-34-23-12-17(13-24(35-2)25(23)36-3)22-14-20(19-6-4-5-7-21(19)31-22)26(32)29-15-16-8-10-18(11-9-16)30-27(28)33/h4-14H,15H2,1-3H3,(H,29,32)(H3,28,30,33). The number of aromatic nitrogens is 1. The first kappa shape index (κ1) is 24.3. The summed E-state index contributed by atoms with van der Waals surface area (Å²) in [6.45, 7) is 0.297. The van der Waals surface area contributed by atoms with Crippen LogP contribution in [0.2, 0.25) is 0 Å². The molecule has 0 atom stereocenters. The number of carbonyl (C=O) groups is 2. The zero-order valence-electron chi connectivity index (χ0n) is 20.1. The molecule has 0 aliphatic heterocycles. The lowest BCUT2D eigenvalue weighted by atomic mass is 10.0. The number of nitrogens with one attached hydrogen (secondary N) is 2. The summed E-state index contributed by atoms with van der Waals surface area (Å²) < 4.78 is 16.4. The molecule has 1 aromatic heterocycles. The van der Waals surface area contributed by atoms with Crippen molar-refractivity contribution in [2.45, 2.75) is 6.54 Å². The first-order valence-electron chi connectivity index (χ1n) is 11.1. The number of fused-ring (bicyclic) bond motifs is 1. The first-order chi connectivity index (χ1) is 17.4. The zero-order chi connectivity index (χ0) is 25.7. The van der Waals surface area contributed by atoms with Crippen LogP contribution in [0.1, 0.15) is 15.9 Å². The molecule has 4 rings (SSSR count). The first-order valence-corrected chi connectivity index (χ1v) is 11.1. The maximum absolute atomic E-state index is 13.3. The van der Waals surface area contributed by atoms with Crippen LogP contribution in [0.25, 0.3) is 22.2 Å². The maximum atomic E-state index is 13.3. The van der Waals surface area contributed by atoms with Gasteiger partial charge in [-0.1, -0.05) is 30.3 Å². The molecule has 9 heteroatoms. The van der Waals surface area contributed by atoms with Gasteiger partial charge in [0.05, 0.1) is 38.1 Å². The van der Waals surface area contributed by atoms with Gasteiger partial charge in [0.2, 0.25) is 5.75 Å². The lowest BCUT2D eigenvalue weighted by molar-refractivity contribution is 0.0952. The van der Waals surface area contributed by atoms with E-state index in [1.807, 2.05) is 24.3 Å². The van der Waals surface area contributed by atoms with Crippen LogP contribution >= 0.6 is 0 Å². The van der Waals surface area contributed by atoms with E-state index < -0.39 is 6.03 Å². The molecule has 0 saturated carbocycles. The summed E-state index contributed by atoms with van der Waals surface area (Å²) in [5, 5.41) is 6.20. The Hall–Kier alpha value is -4.79. The Morgan fingerprint density at radius 3 is 2.17 bits per heavy atom. The molecule has 0 radical (unpaired) electrons. The van der Waals surface area contributed by atoms with Crippen LogP contribution in [-0.2, 0) is 6.54 Å². The average Bonchev–Trinajstić information content (AvgIpc) is 2.90. The van der Waals surface area contributed by atoms with Crippen molar-refractivity contribution in [3.05, 3.63) is 77.9 Å². The molecule has 0 aliphatic rings. The minimum atomic E-state index is -0.636. The van der Waals surface area contributed by atoms with Gasteiger partial charge in [-0.3, -0.25) is 4.79 Å². The van der Waals surface area contributed by atoms with Crippen molar-refractivity contribution < 1.29 is 23.8 Å². The number of methoxy groups -OCH3 is 3. The number of urea groups is 1. The van der Waals surface area contributed by atoms with Crippen molar-refractivity contribution in [2.24, 2.45) is 5.73 Å². The molecule has 4 N–H and O–H groups in total. The number of para-hydroxylation sites is 1. The number of pyridine rings is 1. The van der Waals surface area contributed by atoms with E-state index in [0.717, 1.165) is 10.9 Å². The van der Waals surface area contributed by atoms with Crippen molar-refractivity contribution >= 4 is 28.5 Å². The number of primary amides is 1. The van der Waals surface area contributed by atoms with Gasteiger partial charge in [0.15, 0.2) is 11.5 Å². The minimum Gasteiger partial charge on any atom is -0.493 e. The third kappa shape index (κ3) is 5.15. The second-order valence-electron chi connectivity index (χ2n) is 7.86. The van der Waals surface area contributed by atoms with E-state index in [0.29, 0.717) is 51.8 Å². The lowest BCUT2D eigenvalue weighted by Crippen LogP contribution is -2.23.